The molecule has 71 heavy (non-hydrogen) atoms. The molecule has 0 unspecified atom stereocenters. The first-order valence-electron chi connectivity index (χ1n) is 24.6. The molecule has 0 amide bonds. The maximum absolute atomic E-state index is 7.41. The summed E-state index contributed by atoms with van der Waals surface area (Å²) in [6, 6.07) is 89.8. The van der Waals surface area contributed by atoms with E-state index in [1.807, 2.05) is 0 Å². The Hall–Kier alpha value is -9.18. The van der Waals surface area contributed by atoms with E-state index >= 15 is 0 Å². The van der Waals surface area contributed by atoms with Gasteiger partial charge < -0.3 is 14.2 Å². The summed E-state index contributed by atoms with van der Waals surface area (Å²) in [5, 5.41) is 6.74. The average Bonchev–Trinajstić information content (AvgIpc) is 3.84. The summed E-state index contributed by atoms with van der Waals surface area (Å²) in [6.45, 7) is 0. The predicted octanol–water partition coefficient (Wildman–Crippen LogP) is 19.6. The van der Waals surface area contributed by atoms with Gasteiger partial charge in [-0.15, -0.1) is 0 Å². The van der Waals surface area contributed by atoms with Gasteiger partial charge in [0.25, 0.3) is 0 Å². The summed E-state index contributed by atoms with van der Waals surface area (Å²) in [5.74, 6) is 0. The highest BCUT2D eigenvalue weighted by atomic mass is 16.3. The Morgan fingerprint density at radius 3 is 1.04 bits per heavy atom. The fourth-order valence-corrected chi connectivity index (χ4v) is 11.0. The van der Waals surface area contributed by atoms with Gasteiger partial charge in [0.05, 0.1) is 34.1 Å². The summed E-state index contributed by atoms with van der Waals surface area (Å²) in [7, 11) is 0. The molecule has 3 heteroatoms. The van der Waals surface area contributed by atoms with E-state index in [2.05, 4.69) is 277 Å². The molecule has 0 N–H and O–H groups in total. The molecular formula is C68H48N2O. The van der Waals surface area contributed by atoms with E-state index in [9.17, 15) is 0 Å². The molecule has 1 aromatic heterocycles. The van der Waals surface area contributed by atoms with Crippen LogP contribution in [0.5, 0.6) is 0 Å². The Labute approximate surface area is 414 Å². The van der Waals surface area contributed by atoms with Crippen molar-refractivity contribution in [3.05, 3.63) is 273 Å². The average molecular weight is 909 g/mol. The largest absolute Gasteiger partial charge is 0.456 e. The fourth-order valence-electron chi connectivity index (χ4n) is 11.0. The Morgan fingerprint density at radius 1 is 0.310 bits per heavy atom. The molecule has 12 aromatic rings. The maximum atomic E-state index is 7.41. The molecule has 0 saturated heterocycles. The zero-order valence-electron chi connectivity index (χ0n) is 39.1. The molecule has 13 rings (SSSR count). The lowest BCUT2D eigenvalue weighted by atomic mass is 9.93. The van der Waals surface area contributed by atoms with Crippen molar-refractivity contribution < 1.29 is 4.42 Å². The molecule has 1 aliphatic rings. The summed E-state index contributed by atoms with van der Waals surface area (Å²) < 4.78 is 7.41. The van der Waals surface area contributed by atoms with E-state index < -0.39 is 0 Å². The molecule has 0 radical (unpaired) electrons. The zero-order chi connectivity index (χ0) is 47.1. The Balaban J connectivity index is 1.11. The van der Waals surface area contributed by atoms with Gasteiger partial charge in [-0.1, -0.05) is 231 Å². The molecule has 1 heterocycles. The minimum absolute atomic E-state index is 0.825. The summed E-state index contributed by atoms with van der Waals surface area (Å²) >= 11 is 0. The van der Waals surface area contributed by atoms with E-state index in [4.69, 9.17) is 4.42 Å². The molecular weight excluding hydrogens is 861 g/mol. The lowest BCUT2D eigenvalue weighted by Gasteiger charge is -2.31. The number of hydrogen-bond acceptors (Lipinski definition) is 3. The van der Waals surface area contributed by atoms with Gasteiger partial charge in [0.1, 0.15) is 11.2 Å². The van der Waals surface area contributed by atoms with Gasteiger partial charge >= 0.3 is 0 Å². The van der Waals surface area contributed by atoms with Gasteiger partial charge in [-0.05, 0) is 70.1 Å². The van der Waals surface area contributed by atoms with E-state index in [-0.39, 0.29) is 0 Å². The first-order chi connectivity index (χ1) is 35.3. The fraction of sp³-hybridized carbons (Fsp3) is 0.0294. The normalized spacial score (nSPS) is 12.4. The molecule has 3 nitrogen and oxygen atoms in total. The summed E-state index contributed by atoms with van der Waals surface area (Å²) in [4.78, 5) is 4.94. The van der Waals surface area contributed by atoms with Crippen molar-refractivity contribution in [1.29, 1.82) is 0 Å². The number of fused-ring (bicyclic) bond motifs is 7. The molecule has 0 spiro atoms. The number of furan rings is 1. The molecule has 0 aliphatic heterocycles. The van der Waals surface area contributed by atoms with Crippen LogP contribution in [-0.2, 0) is 0 Å². The van der Waals surface area contributed by atoms with Gasteiger partial charge in [-0.25, -0.2) is 0 Å². The highest BCUT2D eigenvalue weighted by molar-refractivity contribution is 6.30. The quantitative estimate of drug-likeness (QED) is 0.136. The number of hydrogen-bond donors (Lipinski definition) is 0. The smallest absolute Gasteiger partial charge is 0.138 e. The lowest BCUT2D eigenvalue weighted by Crippen LogP contribution is -2.14. The van der Waals surface area contributed by atoms with Crippen molar-refractivity contribution in [3.8, 4) is 33.4 Å². The number of benzene rings is 11. The van der Waals surface area contributed by atoms with Crippen molar-refractivity contribution in [2.45, 2.75) is 12.8 Å². The Kier molecular flexibility index (Phi) is 10.7. The number of anilines is 6. The second kappa shape index (κ2) is 18.0. The summed E-state index contributed by atoms with van der Waals surface area (Å²) in [5.41, 5.74) is 17.5. The minimum Gasteiger partial charge on any atom is -0.456 e. The van der Waals surface area contributed by atoms with Crippen LogP contribution in [0, 0.1) is 0 Å². The maximum Gasteiger partial charge on any atom is 0.138 e. The van der Waals surface area contributed by atoms with Gasteiger partial charge in [0.2, 0.25) is 0 Å². The van der Waals surface area contributed by atoms with Crippen molar-refractivity contribution in [2.75, 3.05) is 9.80 Å². The Morgan fingerprint density at radius 2 is 0.648 bits per heavy atom. The van der Waals surface area contributed by atoms with Gasteiger partial charge in [-0.2, -0.15) is 0 Å². The number of rotatable bonds is 10. The lowest BCUT2D eigenvalue weighted by molar-refractivity contribution is 0.669. The van der Waals surface area contributed by atoms with Crippen LogP contribution in [0.4, 0.5) is 34.1 Å². The second-order valence-electron chi connectivity index (χ2n) is 18.2. The third kappa shape index (κ3) is 7.38. The monoisotopic (exact) mass is 908 g/mol. The van der Waals surface area contributed by atoms with Crippen LogP contribution in [-0.4, -0.2) is 0 Å². The van der Waals surface area contributed by atoms with Crippen molar-refractivity contribution in [1.82, 2.24) is 0 Å². The third-order valence-electron chi connectivity index (χ3n) is 14.1. The Bertz CT molecular complexity index is 3920. The van der Waals surface area contributed by atoms with E-state index in [0.717, 1.165) is 124 Å². The van der Waals surface area contributed by atoms with Crippen LogP contribution < -0.4 is 9.80 Å². The molecule has 0 atom stereocenters. The molecule has 0 fully saturated rings. The van der Waals surface area contributed by atoms with Crippen LogP contribution in [0.1, 0.15) is 18.4 Å². The van der Waals surface area contributed by atoms with Gasteiger partial charge in [-0.3, -0.25) is 0 Å². The van der Waals surface area contributed by atoms with Crippen LogP contribution in [0.3, 0.4) is 0 Å². The molecule has 0 saturated carbocycles. The van der Waals surface area contributed by atoms with Crippen LogP contribution in [0.25, 0.3) is 82.4 Å². The van der Waals surface area contributed by atoms with Crippen molar-refractivity contribution in [3.63, 3.8) is 0 Å². The molecule has 0 bridgehead atoms. The molecule has 336 valence electrons. The highest BCUT2D eigenvalue weighted by Gasteiger charge is 2.28. The molecule has 11 aromatic carbocycles. The van der Waals surface area contributed by atoms with Crippen LogP contribution in [0.15, 0.2) is 271 Å². The van der Waals surface area contributed by atoms with Crippen LogP contribution in [0.2, 0.25) is 0 Å². The highest BCUT2D eigenvalue weighted by Crippen LogP contribution is 2.53. The molecule has 1 aliphatic carbocycles. The number of allylic oxidation sites excluding steroid dienone is 4. The van der Waals surface area contributed by atoms with Crippen LogP contribution >= 0.6 is 0 Å². The standard InChI is InChI=1S/C68H48N2O/c1-5-25-47(26-6-1)51-33-17-21-41-59(51)69(60-42-22-18-34-52(60)48-27-7-2-8-28-48)63-45-65-67(57-39-15-13-37-55(57)63)68-58-40-16-14-38-56(58)64(46-66(68)71-65)70(61-43-23-19-35-53(61)49-29-9-3-10-30-49)62-44-24-20-36-54(62)50-31-11-4-12-32-50/h1-11,13-31,33-46H,12,32H2. The SMILES string of the molecule is C1=CCCC(c2ccccc2N(c2ccccc2-c2ccccc2)c2cc3oc4cc(N(c5ccccc5-c5ccccc5)c5ccccc5-c5ccccc5)c5ccccc5c4c3c3ccccc23)=C1. The van der Waals surface area contributed by atoms with E-state index in [0.29, 0.717) is 0 Å². The summed E-state index contributed by atoms with van der Waals surface area (Å²) in [6.07, 6.45) is 8.73. The van der Waals surface area contributed by atoms with Gasteiger partial charge in [0.15, 0.2) is 0 Å². The predicted molar refractivity (Wildman–Crippen MR) is 301 cm³/mol. The van der Waals surface area contributed by atoms with E-state index in [1.54, 1.807) is 0 Å². The van der Waals surface area contributed by atoms with Crippen molar-refractivity contribution in [2.24, 2.45) is 0 Å². The third-order valence-corrected chi connectivity index (χ3v) is 14.1. The second-order valence-corrected chi connectivity index (χ2v) is 18.2. The first-order valence-corrected chi connectivity index (χ1v) is 24.6. The topological polar surface area (TPSA) is 19.6 Å². The van der Waals surface area contributed by atoms with Gasteiger partial charge in [0, 0.05) is 55.9 Å². The zero-order valence-corrected chi connectivity index (χ0v) is 39.1. The first kappa shape index (κ1) is 42.0. The minimum atomic E-state index is 0.825. The number of para-hydroxylation sites is 4. The van der Waals surface area contributed by atoms with E-state index in [1.165, 1.54) is 11.1 Å². The number of nitrogens with zero attached hydrogens (tertiary/aromatic N) is 2. The van der Waals surface area contributed by atoms with Crippen molar-refractivity contribution >= 4 is 83.2 Å².